The van der Waals surface area contributed by atoms with Crippen LogP contribution in [0.5, 0.6) is 0 Å². The average molecular weight is 260 g/mol. The van der Waals surface area contributed by atoms with Crippen molar-refractivity contribution in [3.63, 3.8) is 0 Å². The third-order valence-electron chi connectivity index (χ3n) is 4.20. The smallest absolute Gasteiger partial charge is 0.0314 e. The number of rotatable bonds is 6. The van der Waals surface area contributed by atoms with Crippen molar-refractivity contribution < 1.29 is 0 Å². The van der Waals surface area contributed by atoms with Gasteiger partial charge >= 0.3 is 0 Å². The van der Waals surface area contributed by atoms with Crippen molar-refractivity contribution >= 4 is 5.69 Å². The van der Waals surface area contributed by atoms with Crippen molar-refractivity contribution in [1.29, 1.82) is 0 Å². The Kier molecular flexibility index (Phi) is 5.26. The SMILES string of the molecule is CC(C)CCN(Cc1ccc(N)cc1)C1CCCC1. The van der Waals surface area contributed by atoms with Gasteiger partial charge in [-0.2, -0.15) is 0 Å². The van der Waals surface area contributed by atoms with Crippen molar-refractivity contribution in [3.8, 4) is 0 Å². The molecule has 19 heavy (non-hydrogen) atoms. The number of nitrogens with zero attached hydrogens (tertiary/aromatic N) is 1. The highest BCUT2D eigenvalue weighted by Crippen LogP contribution is 2.25. The van der Waals surface area contributed by atoms with Crippen LogP contribution in [0.2, 0.25) is 0 Å². The standard InChI is InChI=1S/C17H28N2/c1-14(2)11-12-19(17-5-3-4-6-17)13-15-7-9-16(18)10-8-15/h7-10,14,17H,3-6,11-13,18H2,1-2H3. The molecule has 0 saturated heterocycles. The first kappa shape index (κ1) is 14.4. The molecule has 106 valence electrons. The summed E-state index contributed by atoms with van der Waals surface area (Å²) in [7, 11) is 0. The summed E-state index contributed by atoms with van der Waals surface area (Å²) in [6.45, 7) is 6.94. The number of hydrogen-bond acceptors (Lipinski definition) is 2. The third-order valence-corrected chi connectivity index (χ3v) is 4.20. The normalized spacial score (nSPS) is 16.6. The van der Waals surface area contributed by atoms with Crippen molar-refractivity contribution in [3.05, 3.63) is 29.8 Å². The molecular formula is C17H28N2. The summed E-state index contributed by atoms with van der Waals surface area (Å²) >= 11 is 0. The molecule has 0 heterocycles. The summed E-state index contributed by atoms with van der Waals surface area (Å²) < 4.78 is 0. The molecule has 2 heteroatoms. The lowest BCUT2D eigenvalue weighted by Crippen LogP contribution is -2.34. The summed E-state index contributed by atoms with van der Waals surface area (Å²) in [5, 5.41) is 0. The predicted octanol–water partition coefficient (Wildman–Crippen LogP) is 4.06. The van der Waals surface area contributed by atoms with E-state index in [-0.39, 0.29) is 0 Å². The molecule has 0 bridgehead atoms. The van der Waals surface area contributed by atoms with Crippen LogP contribution in [-0.2, 0) is 6.54 Å². The lowest BCUT2D eigenvalue weighted by molar-refractivity contribution is 0.179. The Hall–Kier alpha value is -1.02. The van der Waals surface area contributed by atoms with E-state index in [1.54, 1.807) is 0 Å². The molecule has 2 rings (SSSR count). The van der Waals surface area contributed by atoms with Crippen LogP contribution in [0.3, 0.4) is 0 Å². The van der Waals surface area contributed by atoms with E-state index in [1.165, 1.54) is 44.2 Å². The second-order valence-corrected chi connectivity index (χ2v) is 6.33. The molecule has 0 aromatic heterocycles. The van der Waals surface area contributed by atoms with Crippen LogP contribution in [0.15, 0.2) is 24.3 Å². The molecule has 1 saturated carbocycles. The molecule has 1 fully saturated rings. The molecule has 0 radical (unpaired) electrons. The maximum Gasteiger partial charge on any atom is 0.0314 e. The Bertz CT molecular complexity index is 363. The Morgan fingerprint density at radius 1 is 1.16 bits per heavy atom. The topological polar surface area (TPSA) is 29.3 Å². The van der Waals surface area contributed by atoms with Gasteiger partial charge in [0.2, 0.25) is 0 Å². The van der Waals surface area contributed by atoms with Gasteiger partial charge in [0.25, 0.3) is 0 Å². The molecule has 1 aliphatic carbocycles. The van der Waals surface area contributed by atoms with E-state index < -0.39 is 0 Å². The zero-order valence-electron chi connectivity index (χ0n) is 12.4. The van der Waals surface area contributed by atoms with Crippen LogP contribution >= 0.6 is 0 Å². The summed E-state index contributed by atoms with van der Waals surface area (Å²) in [5.41, 5.74) is 8.02. The number of anilines is 1. The molecule has 2 N–H and O–H groups in total. The number of nitrogen functional groups attached to an aromatic ring is 1. The Morgan fingerprint density at radius 3 is 2.37 bits per heavy atom. The van der Waals surface area contributed by atoms with Gasteiger partial charge in [-0.3, -0.25) is 4.90 Å². The fourth-order valence-electron chi connectivity index (χ4n) is 2.94. The molecule has 1 aromatic rings. The number of hydrogen-bond donors (Lipinski definition) is 1. The van der Waals surface area contributed by atoms with Gasteiger partial charge in [0, 0.05) is 18.3 Å². The molecule has 1 aromatic carbocycles. The lowest BCUT2D eigenvalue weighted by atomic mass is 10.1. The van der Waals surface area contributed by atoms with E-state index in [1.807, 2.05) is 12.1 Å². The maximum atomic E-state index is 5.76. The molecular weight excluding hydrogens is 232 g/mol. The Labute approximate surface area is 118 Å². The van der Waals surface area contributed by atoms with Gasteiger partial charge in [-0.1, -0.05) is 38.8 Å². The van der Waals surface area contributed by atoms with Gasteiger partial charge in [-0.25, -0.2) is 0 Å². The zero-order valence-corrected chi connectivity index (χ0v) is 12.4. The molecule has 0 spiro atoms. The van der Waals surface area contributed by atoms with Gasteiger partial charge < -0.3 is 5.73 Å². The van der Waals surface area contributed by atoms with E-state index >= 15 is 0 Å². The van der Waals surface area contributed by atoms with Crippen LogP contribution in [0.25, 0.3) is 0 Å². The van der Waals surface area contributed by atoms with E-state index in [0.717, 1.165) is 24.2 Å². The number of nitrogens with two attached hydrogens (primary N) is 1. The van der Waals surface area contributed by atoms with Gasteiger partial charge in [-0.05, 0) is 49.4 Å². The Morgan fingerprint density at radius 2 is 1.79 bits per heavy atom. The minimum atomic E-state index is 0.787. The second kappa shape index (κ2) is 6.95. The summed E-state index contributed by atoms with van der Waals surface area (Å²) in [5.74, 6) is 0.787. The molecule has 0 unspecified atom stereocenters. The largest absolute Gasteiger partial charge is 0.399 e. The summed E-state index contributed by atoms with van der Waals surface area (Å²) in [4.78, 5) is 2.69. The van der Waals surface area contributed by atoms with Gasteiger partial charge in [0.15, 0.2) is 0 Å². The fraction of sp³-hybridized carbons (Fsp3) is 0.647. The van der Waals surface area contributed by atoms with Gasteiger partial charge in [0.05, 0.1) is 0 Å². The summed E-state index contributed by atoms with van der Waals surface area (Å²) in [6.07, 6.45) is 6.88. The summed E-state index contributed by atoms with van der Waals surface area (Å²) in [6, 6.07) is 9.19. The van der Waals surface area contributed by atoms with Crippen LogP contribution in [0, 0.1) is 5.92 Å². The molecule has 2 nitrogen and oxygen atoms in total. The highest BCUT2D eigenvalue weighted by atomic mass is 15.2. The van der Waals surface area contributed by atoms with Crippen LogP contribution in [0.1, 0.15) is 51.5 Å². The molecule has 1 aliphatic rings. The molecule has 0 aliphatic heterocycles. The lowest BCUT2D eigenvalue weighted by Gasteiger charge is -2.29. The van der Waals surface area contributed by atoms with E-state index in [9.17, 15) is 0 Å². The second-order valence-electron chi connectivity index (χ2n) is 6.33. The van der Waals surface area contributed by atoms with Crippen molar-refractivity contribution in [2.75, 3.05) is 12.3 Å². The van der Waals surface area contributed by atoms with Crippen molar-refractivity contribution in [1.82, 2.24) is 4.90 Å². The quantitative estimate of drug-likeness (QED) is 0.782. The first-order valence-corrected chi connectivity index (χ1v) is 7.73. The highest BCUT2D eigenvalue weighted by molar-refractivity contribution is 5.39. The monoisotopic (exact) mass is 260 g/mol. The van der Waals surface area contributed by atoms with E-state index in [0.29, 0.717) is 0 Å². The minimum absolute atomic E-state index is 0.787. The maximum absolute atomic E-state index is 5.76. The van der Waals surface area contributed by atoms with Crippen molar-refractivity contribution in [2.24, 2.45) is 5.92 Å². The van der Waals surface area contributed by atoms with Gasteiger partial charge in [0.1, 0.15) is 0 Å². The van der Waals surface area contributed by atoms with Crippen LogP contribution in [0.4, 0.5) is 5.69 Å². The first-order chi connectivity index (χ1) is 9.15. The predicted molar refractivity (Wildman–Crippen MR) is 83.0 cm³/mol. The van der Waals surface area contributed by atoms with Crippen LogP contribution < -0.4 is 5.73 Å². The highest BCUT2D eigenvalue weighted by Gasteiger charge is 2.22. The van der Waals surface area contributed by atoms with Gasteiger partial charge in [-0.15, -0.1) is 0 Å². The molecule has 0 atom stereocenters. The van der Waals surface area contributed by atoms with Crippen LogP contribution in [-0.4, -0.2) is 17.5 Å². The Balaban J connectivity index is 1.97. The van der Waals surface area contributed by atoms with E-state index in [4.69, 9.17) is 5.73 Å². The first-order valence-electron chi connectivity index (χ1n) is 7.73. The minimum Gasteiger partial charge on any atom is -0.399 e. The average Bonchev–Trinajstić information content (AvgIpc) is 2.90. The molecule has 0 amide bonds. The number of benzene rings is 1. The zero-order chi connectivity index (χ0) is 13.7. The fourth-order valence-corrected chi connectivity index (χ4v) is 2.94. The third kappa shape index (κ3) is 4.54. The van der Waals surface area contributed by atoms with E-state index in [2.05, 4.69) is 30.9 Å². The van der Waals surface area contributed by atoms with Crippen molar-refractivity contribution in [2.45, 2.75) is 58.5 Å².